The van der Waals surface area contributed by atoms with E-state index in [1.165, 1.54) is 7.11 Å². The third-order valence-corrected chi connectivity index (χ3v) is 3.48. The van der Waals surface area contributed by atoms with Crippen molar-refractivity contribution in [3.63, 3.8) is 0 Å². The predicted octanol–water partition coefficient (Wildman–Crippen LogP) is 1.49. The van der Waals surface area contributed by atoms with Crippen molar-refractivity contribution in [3.8, 4) is 0 Å². The van der Waals surface area contributed by atoms with Gasteiger partial charge >= 0.3 is 5.97 Å². The van der Waals surface area contributed by atoms with Gasteiger partial charge in [-0.3, -0.25) is 14.4 Å². The zero-order valence-electron chi connectivity index (χ0n) is 14.5. The molecule has 1 amide bonds. The maximum Gasteiger partial charge on any atom is 0.341 e. The highest BCUT2D eigenvalue weighted by molar-refractivity contribution is 5.91. The van der Waals surface area contributed by atoms with Crippen LogP contribution >= 0.6 is 0 Å². The largest absolute Gasteiger partial charge is 0.465 e. The summed E-state index contributed by atoms with van der Waals surface area (Å²) in [7, 11) is 4.89. The van der Waals surface area contributed by atoms with Crippen molar-refractivity contribution in [2.24, 2.45) is 7.05 Å². The van der Waals surface area contributed by atoms with Crippen molar-refractivity contribution in [2.75, 3.05) is 26.0 Å². The summed E-state index contributed by atoms with van der Waals surface area (Å²) in [6, 6.07) is 3.44. The van der Waals surface area contributed by atoms with Crippen LogP contribution < -0.4 is 5.32 Å². The van der Waals surface area contributed by atoms with Crippen molar-refractivity contribution in [1.82, 2.24) is 14.7 Å². The van der Waals surface area contributed by atoms with Gasteiger partial charge in [0.25, 0.3) is 0 Å². The van der Waals surface area contributed by atoms with E-state index in [1.807, 2.05) is 6.92 Å². The fourth-order valence-corrected chi connectivity index (χ4v) is 2.41. The van der Waals surface area contributed by atoms with Crippen molar-refractivity contribution >= 4 is 17.7 Å². The number of hydrogen-bond acceptors (Lipinski definition) is 6. The molecule has 8 nitrogen and oxygen atoms in total. The van der Waals surface area contributed by atoms with E-state index in [1.54, 1.807) is 42.7 Å². The molecule has 2 rings (SSSR count). The van der Waals surface area contributed by atoms with E-state index >= 15 is 0 Å². The van der Waals surface area contributed by atoms with Crippen molar-refractivity contribution < 1.29 is 18.7 Å². The minimum atomic E-state index is -0.436. The molecule has 0 aromatic carbocycles. The highest BCUT2D eigenvalue weighted by atomic mass is 16.5. The molecule has 0 saturated heterocycles. The van der Waals surface area contributed by atoms with Gasteiger partial charge in [-0.25, -0.2) is 4.79 Å². The summed E-state index contributed by atoms with van der Waals surface area (Å²) >= 11 is 0. The number of nitrogens with zero attached hydrogens (tertiary/aromatic N) is 3. The van der Waals surface area contributed by atoms with Gasteiger partial charge in [0.15, 0.2) is 0 Å². The molecule has 1 N–H and O–H groups in total. The van der Waals surface area contributed by atoms with E-state index in [2.05, 4.69) is 10.4 Å². The number of aryl methyl sites for hydroxylation is 3. The third kappa shape index (κ3) is 4.23. The number of anilines is 1. The molecule has 0 atom stereocenters. The number of nitrogens with one attached hydrogen (secondary N) is 1. The number of aromatic nitrogens is 2. The van der Waals surface area contributed by atoms with Gasteiger partial charge in [-0.1, -0.05) is 0 Å². The summed E-state index contributed by atoms with van der Waals surface area (Å²) in [5.41, 5.74) is 1.23. The summed E-state index contributed by atoms with van der Waals surface area (Å²) < 4.78 is 11.9. The molecule has 2 aromatic rings. The molecule has 0 radical (unpaired) electrons. The standard InChI is InChI=1S/C16H22N4O4/c1-10-6-14(20(4)18-10)17-15(21)9-19(3)8-12-7-13(11(2)24-12)16(22)23-5/h6-7H,8-9H2,1-5H3,(H,17,21). The third-order valence-electron chi connectivity index (χ3n) is 3.48. The number of rotatable bonds is 6. The van der Waals surface area contributed by atoms with Crippen molar-refractivity contribution in [1.29, 1.82) is 0 Å². The number of ether oxygens (including phenoxy) is 1. The first-order chi connectivity index (χ1) is 11.3. The maximum atomic E-state index is 12.1. The Morgan fingerprint density at radius 2 is 2.08 bits per heavy atom. The molecule has 0 aliphatic carbocycles. The van der Waals surface area contributed by atoms with Crippen LogP contribution in [0.5, 0.6) is 0 Å². The van der Waals surface area contributed by atoms with E-state index in [4.69, 9.17) is 9.15 Å². The van der Waals surface area contributed by atoms with Crippen molar-refractivity contribution in [2.45, 2.75) is 20.4 Å². The van der Waals surface area contributed by atoms with Gasteiger partial charge in [-0.2, -0.15) is 5.10 Å². The van der Waals surface area contributed by atoms with Crippen LogP contribution in [0, 0.1) is 13.8 Å². The Balaban J connectivity index is 1.93. The molecule has 2 heterocycles. The lowest BCUT2D eigenvalue weighted by atomic mass is 10.2. The Hall–Kier alpha value is -2.61. The number of methoxy groups -OCH3 is 1. The lowest BCUT2D eigenvalue weighted by Crippen LogP contribution is -2.30. The van der Waals surface area contributed by atoms with Crippen LogP contribution in [0.1, 0.15) is 27.6 Å². The van der Waals surface area contributed by atoms with Gasteiger partial charge in [0, 0.05) is 13.1 Å². The number of hydrogen-bond donors (Lipinski definition) is 1. The molecular weight excluding hydrogens is 312 g/mol. The van der Waals surface area contributed by atoms with Crippen LogP contribution in [0.3, 0.4) is 0 Å². The van der Waals surface area contributed by atoms with Crippen LogP contribution in [-0.4, -0.2) is 47.3 Å². The van der Waals surface area contributed by atoms with Crippen LogP contribution in [0.25, 0.3) is 0 Å². The van der Waals surface area contributed by atoms with E-state index in [0.29, 0.717) is 29.4 Å². The monoisotopic (exact) mass is 334 g/mol. The number of carbonyl (C=O) groups excluding carboxylic acids is 2. The minimum Gasteiger partial charge on any atom is -0.465 e. The van der Waals surface area contributed by atoms with Crippen LogP contribution in [0.4, 0.5) is 5.82 Å². The normalized spacial score (nSPS) is 10.9. The molecule has 0 aliphatic heterocycles. The lowest BCUT2D eigenvalue weighted by Gasteiger charge is -2.14. The summed E-state index contributed by atoms with van der Waals surface area (Å²) in [5, 5.41) is 6.98. The first kappa shape index (κ1) is 17.7. The number of esters is 1. The summed E-state index contributed by atoms with van der Waals surface area (Å²) in [6.07, 6.45) is 0. The molecule has 0 saturated carbocycles. The second-order valence-electron chi connectivity index (χ2n) is 5.69. The summed E-state index contributed by atoms with van der Waals surface area (Å²) in [4.78, 5) is 25.5. The SMILES string of the molecule is COC(=O)c1cc(CN(C)CC(=O)Nc2cc(C)nn2C)oc1C. The minimum absolute atomic E-state index is 0.156. The first-order valence-corrected chi connectivity index (χ1v) is 7.46. The molecule has 2 aromatic heterocycles. The smallest absolute Gasteiger partial charge is 0.341 e. The second-order valence-corrected chi connectivity index (χ2v) is 5.69. The topological polar surface area (TPSA) is 89.6 Å². The number of carbonyl (C=O) groups is 2. The van der Waals surface area contributed by atoms with Gasteiger partial charge in [0.05, 0.1) is 25.9 Å². The van der Waals surface area contributed by atoms with Gasteiger partial charge in [-0.15, -0.1) is 0 Å². The lowest BCUT2D eigenvalue weighted by molar-refractivity contribution is -0.117. The van der Waals surface area contributed by atoms with Crippen LogP contribution in [-0.2, 0) is 23.1 Å². The quantitative estimate of drug-likeness (QED) is 0.805. The van der Waals surface area contributed by atoms with E-state index < -0.39 is 5.97 Å². The highest BCUT2D eigenvalue weighted by Gasteiger charge is 2.17. The van der Waals surface area contributed by atoms with E-state index in [9.17, 15) is 9.59 Å². The Morgan fingerprint density at radius 1 is 1.38 bits per heavy atom. The Morgan fingerprint density at radius 3 is 2.67 bits per heavy atom. The van der Waals surface area contributed by atoms with Gasteiger partial charge in [0.1, 0.15) is 22.9 Å². The first-order valence-electron chi connectivity index (χ1n) is 7.46. The number of amides is 1. The Labute approximate surface area is 140 Å². The van der Waals surface area contributed by atoms with E-state index in [-0.39, 0.29) is 12.5 Å². The fraction of sp³-hybridized carbons (Fsp3) is 0.438. The average Bonchev–Trinajstić information content (AvgIpc) is 3.00. The zero-order chi connectivity index (χ0) is 17.9. The van der Waals surface area contributed by atoms with Crippen molar-refractivity contribution in [3.05, 3.63) is 34.9 Å². The molecule has 0 unspecified atom stereocenters. The molecule has 0 bridgehead atoms. The summed E-state index contributed by atoms with van der Waals surface area (Å²) in [5.74, 6) is 1.15. The molecule has 8 heteroatoms. The second kappa shape index (κ2) is 7.31. The van der Waals surface area contributed by atoms with Gasteiger partial charge in [-0.05, 0) is 27.0 Å². The molecule has 24 heavy (non-hydrogen) atoms. The van der Waals surface area contributed by atoms with Gasteiger partial charge < -0.3 is 14.5 Å². The van der Waals surface area contributed by atoms with Crippen LogP contribution in [0.2, 0.25) is 0 Å². The van der Waals surface area contributed by atoms with Gasteiger partial charge in [0.2, 0.25) is 5.91 Å². The Kier molecular flexibility index (Phi) is 5.40. The predicted molar refractivity (Wildman–Crippen MR) is 87.7 cm³/mol. The molecular formula is C16H22N4O4. The molecule has 130 valence electrons. The maximum absolute atomic E-state index is 12.1. The zero-order valence-corrected chi connectivity index (χ0v) is 14.5. The summed E-state index contributed by atoms with van der Waals surface area (Å²) in [6.45, 7) is 4.14. The molecule has 0 fully saturated rings. The Bertz CT molecular complexity index is 747. The molecule has 0 aliphatic rings. The average molecular weight is 334 g/mol. The number of likely N-dealkylation sites (N-methyl/N-ethyl adjacent to an activating group) is 1. The van der Waals surface area contributed by atoms with Crippen LogP contribution in [0.15, 0.2) is 16.5 Å². The molecule has 0 spiro atoms. The number of furan rings is 1. The fourth-order valence-electron chi connectivity index (χ4n) is 2.41. The van der Waals surface area contributed by atoms with E-state index in [0.717, 1.165) is 5.69 Å². The highest BCUT2D eigenvalue weighted by Crippen LogP contribution is 2.17.